The highest BCUT2D eigenvalue weighted by atomic mass is 19.4. The van der Waals surface area contributed by atoms with E-state index >= 15 is 0 Å². The van der Waals surface area contributed by atoms with Crippen LogP contribution < -0.4 is 10.6 Å². The molecule has 0 amide bonds. The van der Waals surface area contributed by atoms with Crippen molar-refractivity contribution in [3.63, 3.8) is 0 Å². The molecule has 0 bridgehead atoms. The van der Waals surface area contributed by atoms with Crippen molar-refractivity contribution in [1.82, 2.24) is 4.98 Å². The normalized spacial score (nSPS) is 21.3. The Bertz CT molecular complexity index is 445. The van der Waals surface area contributed by atoms with Crippen molar-refractivity contribution in [3.8, 4) is 0 Å². The molecule has 1 atom stereocenters. The largest absolute Gasteiger partial charge is 0.433 e. The van der Waals surface area contributed by atoms with Gasteiger partial charge in [-0.05, 0) is 25.8 Å². The van der Waals surface area contributed by atoms with E-state index in [1.807, 2.05) is 11.8 Å². The molecule has 0 radical (unpaired) electrons. The Balaban J connectivity index is 2.36. The van der Waals surface area contributed by atoms with Crippen LogP contribution in [0.1, 0.15) is 38.3 Å². The van der Waals surface area contributed by atoms with E-state index in [1.54, 1.807) is 0 Å². The van der Waals surface area contributed by atoms with Crippen molar-refractivity contribution < 1.29 is 13.2 Å². The Morgan fingerprint density at radius 2 is 2.05 bits per heavy atom. The van der Waals surface area contributed by atoms with Crippen molar-refractivity contribution in [1.29, 1.82) is 0 Å². The minimum absolute atomic E-state index is 0.202. The van der Waals surface area contributed by atoms with Crippen LogP contribution in [0.5, 0.6) is 0 Å². The number of halogens is 3. The third-order valence-electron chi connectivity index (χ3n) is 3.56. The number of rotatable bonds is 1. The second-order valence-corrected chi connectivity index (χ2v) is 5.02. The molecule has 106 valence electrons. The monoisotopic (exact) mass is 273 g/mol. The van der Waals surface area contributed by atoms with Crippen LogP contribution >= 0.6 is 0 Å². The van der Waals surface area contributed by atoms with Crippen molar-refractivity contribution in [2.45, 2.75) is 44.8 Å². The lowest BCUT2D eigenvalue weighted by Crippen LogP contribution is -2.33. The predicted octanol–water partition coefficient (Wildman–Crippen LogP) is 3.45. The minimum Gasteiger partial charge on any atom is -0.396 e. The van der Waals surface area contributed by atoms with E-state index < -0.39 is 11.9 Å². The van der Waals surface area contributed by atoms with Gasteiger partial charge in [0.2, 0.25) is 0 Å². The number of anilines is 2. The summed E-state index contributed by atoms with van der Waals surface area (Å²) >= 11 is 0. The van der Waals surface area contributed by atoms with Crippen LogP contribution in [0.3, 0.4) is 0 Å². The Morgan fingerprint density at radius 3 is 2.74 bits per heavy atom. The summed E-state index contributed by atoms with van der Waals surface area (Å²) in [6, 6.07) is 1.27. The van der Waals surface area contributed by atoms with E-state index in [9.17, 15) is 13.2 Å². The maximum Gasteiger partial charge on any atom is 0.433 e. The van der Waals surface area contributed by atoms with Crippen molar-refractivity contribution >= 4 is 11.4 Å². The summed E-state index contributed by atoms with van der Waals surface area (Å²) in [5, 5.41) is 0. The van der Waals surface area contributed by atoms with E-state index in [4.69, 9.17) is 5.73 Å². The number of hydrogen-bond donors (Lipinski definition) is 1. The molecule has 0 aliphatic carbocycles. The number of alkyl halides is 3. The van der Waals surface area contributed by atoms with Crippen molar-refractivity contribution in [3.05, 3.63) is 18.0 Å². The number of aromatic nitrogens is 1. The Kier molecular flexibility index (Phi) is 3.87. The zero-order valence-corrected chi connectivity index (χ0v) is 10.9. The summed E-state index contributed by atoms with van der Waals surface area (Å²) in [7, 11) is 0. The third kappa shape index (κ3) is 3.11. The number of pyridine rings is 1. The third-order valence-corrected chi connectivity index (χ3v) is 3.56. The summed E-state index contributed by atoms with van der Waals surface area (Å²) in [5.74, 6) is 0. The maximum atomic E-state index is 12.7. The first-order valence-corrected chi connectivity index (χ1v) is 6.49. The van der Waals surface area contributed by atoms with Gasteiger partial charge in [0.1, 0.15) is 5.69 Å². The predicted molar refractivity (Wildman–Crippen MR) is 68.9 cm³/mol. The molecule has 2 rings (SSSR count). The Labute approximate surface area is 110 Å². The van der Waals surface area contributed by atoms with Gasteiger partial charge in [0.15, 0.2) is 0 Å². The average Bonchev–Trinajstić information content (AvgIpc) is 2.53. The average molecular weight is 273 g/mol. The number of nitrogens with two attached hydrogens (primary N) is 1. The summed E-state index contributed by atoms with van der Waals surface area (Å²) in [6.45, 7) is 2.77. The van der Waals surface area contributed by atoms with Crippen LogP contribution in [-0.2, 0) is 6.18 Å². The quantitative estimate of drug-likeness (QED) is 0.852. The highest BCUT2D eigenvalue weighted by Crippen LogP contribution is 2.34. The Hall–Kier alpha value is -1.46. The molecule has 0 spiro atoms. The number of hydrogen-bond acceptors (Lipinski definition) is 3. The maximum absolute atomic E-state index is 12.7. The second kappa shape index (κ2) is 5.27. The molecule has 1 aliphatic heterocycles. The fourth-order valence-corrected chi connectivity index (χ4v) is 2.49. The smallest absolute Gasteiger partial charge is 0.396 e. The molecule has 1 fully saturated rings. The molecule has 2 heterocycles. The summed E-state index contributed by atoms with van der Waals surface area (Å²) in [6.07, 6.45) is 0.844. The highest BCUT2D eigenvalue weighted by Gasteiger charge is 2.34. The van der Waals surface area contributed by atoms with Gasteiger partial charge < -0.3 is 10.6 Å². The van der Waals surface area contributed by atoms with E-state index in [0.717, 1.165) is 44.5 Å². The lowest BCUT2D eigenvalue weighted by Gasteiger charge is -2.30. The van der Waals surface area contributed by atoms with Crippen LogP contribution in [0.25, 0.3) is 0 Å². The lowest BCUT2D eigenvalue weighted by atomic mass is 10.1. The molecule has 1 aliphatic rings. The molecular weight excluding hydrogens is 255 g/mol. The zero-order valence-electron chi connectivity index (χ0n) is 10.9. The minimum atomic E-state index is -4.43. The molecule has 3 nitrogen and oxygen atoms in total. The molecule has 6 heteroatoms. The second-order valence-electron chi connectivity index (χ2n) is 5.02. The number of nitrogens with zero attached hydrogens (tertiary/aromatic N) is 2. The number of nitrogen functional groups attached to an aromatic ring is 1. The summed E-state index contributed by atoms with van der Waals surface area (Å²) in [4.78, 5) is 5.35. The molecule has 1 unspecified atom stereocenters. The van der Waals surface area contributed by atoms with Gasteiger partial charge >= 0.3 is 6.18 Å². The van der Waals surface area contributed by atoms with Crippen LogP contribution in [-0.4, -0.2) is 17.6 Å². The van der Waals surface area contributed by atoms with Crippen LogP contribution in [0.4, 0.5) is 24.5 Å². The highest BCUT2D eigenvalue weighted by molar-refractivity contribution is 5.67. The molecule has 0 aromatic carbocycles. The van der Waals surface area contributed by atoms with Gasteiger partial charge in [-0.1, -0.05) is 12.8 Å². The molecule has 1 aromatic rings. The molecule has 2 N–H and O–H groups in total. The van der Waals surface area contributed by atoms with E-state index in [1.165, 1.54) is 0 Å². The molecule has 0 saturated carbocycles. The molecule has 1 saturated heterocycles. The summed E-state index contributed by atoms with van der Waals surface area (Å²) < 4.78 is 38.2. The first-order valence-electron chi connectivity index (χ1n) is 6.49. The van der Waals surface area contributed by atoms with Gasteiger partial charge in [0, 0.05) is 12.6 Å². The first kappa shape index (κ1) is 14.0. The van der Waals surface area contributed by atoms with E-state index in [-0.39, 0.29) is 6.04 Å². The first-order chi connectivity index (χ1) is 8.89. The van der Waals surface area contributed by atoms with Gasteiger partial charge in [-0.3, -0.25) is 0 Å². The van der Waals surface area contributed by atoms with E-state index in [2.05, 4.69) is 4.98 Å². The van der Waals surface area contributed by atoms with Crippen molar-refractivity contribution in [2.24, 2.45) is 0 Å². The summed E-state index contributed by atoms with van der Waals surface area (Å²) in [5.41, 5.74) is 5.69. The van der Waals surface area contributed by atoms with Crippen molar-refractivity contribution in [2.75, 3.05) is 17.2 Å². The van der Waals surface area contributed by atoms with Gasteiger partial charge in [-0.15, -0.1) is 0 Å². The Morgan fingerprint density at radius 1 is 1.32 bits per heavy atom. The van der Waals surface area contributed by atoms with Gasteiger partial charge in [-0.25, -0.2) is 4.98 Å². The molecule has 19 heavy (non-hydrogen) atoms. The van der Waals surface area contributed by atoms with Gasteiger partial charge in [-0.2, -0.15) is 13.2 Å². The van der Waals surface area contributed by atoms with Crippen LogP contribution in [0.15, 0.2) is 12.3 Å². The molecular formula is C13H18F3N3. The fourth-order valence-electron chi connectivity index (χ4n) is 2.49. The fraction of sp³-hybridized carbons (Fsp3) is 0.615. The van der Waals surface area contributed by atoms with Crippen LogP contribution in [0.2, 0.25) is 0 Å². The van der Waals surface area contributed by atoms with E-state index in [0.29, 0.717) is 11.4 Å². The van der Waals surface area contributed by atoms with Gasteiger partial charge in [0.05, 0.1) is 17.6 Å². The molecule has 1 aromatic heterocycles. The topological polar surface area (TPSA) is 42.2 Å². The lowest BCUT2D eigenvalue weighted by molar-refractivity contribution is -0.141. The standard InChI is InChI=1S/C13H18F3N3/c1-9-5-3-2-4-6-19(9)11-7-12(13(14,15)16)18-8-10(11)17/h7-9H,2-6,17H2,1H3. The van der Waals surface area contributed by atoms with Crippen LogP contribution in [0, 0.1) is 0 Å². The zero-order chi connectivity index (χ0) is 14.0. The SMILES string of the molecule is CC1CCCCCN1c1cc(C(F)(F)F)ncc1N. The van der Waals surface area contributed by atoms with Gasteiger partial charge in [0.25, 0.3) is 0 Å².